The van der Waals surface area contributed by atoms with Crippen LogP contribution in [-0.4, -0.2) is 48.1 Å². The number of piperidine rings is 1. The Kier molecular flexibility index (Phi) is 4.50. The molecule has 0 saturated carbocycles. The Morgan fingerprint density at radius 2 is 2.00 bits per heavy atom. The molecule has 19 heavy (non-hydrogen) atoms. The van der Waals surface area contributed by atoms with E-state index >= 15 is 0 Å². The Bertz CT molecular complexity index is 559. The van der Waals surface area contributed by atoms with E-state index < -0.39 is 10.0 Å². The van der Waals surface area contributed by atoms with Gasteiger partial charge in [-0.05, 0) is 24.4 Å². The molecule has 0 atom stereocenters. The highest BCUT2D eigenvalue weighted by molar-refractivity contribution is 7.88. The van der Waals surface area contributed by atoms with Crippen molar-refractivity contribution in [2.45, 2.75) is 18.9 Å². The van der Waals surface area contributed by atoms with Gasteiger partial charge in [0.25, 0.3) is 0 Å². The normalized spacial score (nSPS) is 18.5. The average Bonchev–Trinajstić information content (AvgIpc) is 2.33. The van der Waals surface area contributed by atoms with Crippen LogP contribution < -0.4 is 4.74 Å². The van der Waals surface area contributed by atoms with Gasteiger partial charge in [0.2, 0.25) is 21.2 Å². The van der Waals surface area contributed by atoms with Crippen molar-refractivity contribution in [1.82, 2.24) is 14.3 Å². The van der Waals surface area contributed by atoms with Crippen LogP contribution in [-0.2, 0) is 10.0 Å². The summed E-state index contributed by atoms with van der Waals surface area (Å²) in [7, 11) is -3.13. The van der Waals surface area contributed by atoms with E-state index in [9.17, 15) is 8.42 Å². The highest BCUT2D eigenvalue weighted by Crippen LogP contribution is 2.25. The van der Waals surface area contributed by atoms with Crippen LogP contribution in [0.5, 0.6) is 5.88 Å². The van der Waals surface area contributed by atoms with Crippen molar-refractivity contribution < 1.29 is 13.2 Å². The van der Waals surface area contributed by atoms with Crippen molar-refractivity contribution in [2.24, 2.45) is 0 Å². The molecule has 2 heterocycles. The summed E-state index contributed by atoms with van der Waals surface area (Å²) in [6, 6.07) is 0. The molecule has 1 saturated heterocycles. The molecule has 2 rings (SSSR count). The van der Waals surface area contributed by atoms with Gasteiger partial charge in [-0.3, -0.25) is 0 Å². The van der Waals surface area contributed by atoms with Gasteiger partial charge in [-0.1, -0.05) is 11.6 Å². The molecular weight excluding hydrogens is 313 g/mol. The second kappa shape index (κ2) is 5.78. The third-order valence-electron chi connectivity index (χ3n) is 2.83. The zero-order valence-corrected chi connectivity index (χ0v) is 12.5. The van der Waals surface area contributed by atoms with Gasteiger partial charge >= 0.3 is 0 Å². The van der Waals surface area contributed by atoms with Crippen LogP contribution in [0, 0.1) is 0 Å². The van der Waals surface area contributed by atoms with E-state index in [1.54, 1.807) is 0 Å². The number of hydrogen-bond donors (Lipinski definition) is 0. The third kappa shape index (κ3) is 3.92. The molecule has 6 nitrogen and oxygen atoms in total. The van der Waals surface area contributed by atoms with Gasteiger partial charge in [0, 0.05) is 13.1 Å². The van der Waals surface area contributed by atoms with Crippen LogP contribution in [0.2, 0.25) is 10.3 Å². The van der Waals surface area contributed by atoms with Crippen molar-refractivity contribution in [2.75, 3.05) is 19.3 Å². The van der Waals surface area contributed by atoms with E-state index in [1.165, 1.54) is 16.8 Å². The van der Waals surface area contributed by atoms with E-state index in [2.05, 4.69) is 9.97 Å². The van der Waals surface area contributed by atoms with E-state index in [-0.39, 0.29) is 22.3 Å². The highest BCUT2D eigenvalue weighted by atomic mass is 35.5. The summed E-state index contributed by atoms with van der Waals surface area (Å²) in [5.74, 6) is 0.236. The maximum absolute atomic E-state index is 11.4. The summed E-state index contributed by atoms with van der Waals surface area (Å²) in [5.41, 5.74) is 0. The fraction of sp³-hybridized carbons (Fsp3) is 0.600. The van der Waals surface area contributed by atoms with Crippen LogP contribution in [0.15, 0.2) is 6.20 Å². The van der Waals surface area contributed by atoms with Crippen LogP contribution in [0.25, 0.3) is 0 Å². The number of aromatic nitrogens is 2. The first kappa shape index (κ1) is 14.8. The summed E-state index contributed by atoms with van der Waals surface area (Å²) in [4.78, 5) is 7.63. The molecule has 1 aliphatic heterocycles. The fourth-order valence-corrected chi connectivity index (χ4v) is 2.99. The minimum atomic E-state index is -3.13. The quantitative estimate of drug-likeness (QED) is 0.789. The number of rotatable bonds is 3. The molecule has 0 amide bonds. The predicted molar refractivity (Wildman–Crippen MR) is 72.1 cm³/mol. The molecule has 0 unspecified atom stereocenters. The van der Waals surface area contributed by atoms with Crippen molar-refractivity contribution in [3.05, 3.63) is 16.5 Å². The maximum Gasteiger partial charge on any atom is 0.237 e. The monoisotopic (exact) mass is 325 g/mol. The lowest BCUT2D eigenvalue weighted by molar-refractivity contribution is 0.130. The summed E-state index contributed by atoms with van der Waals surface area (Å²) in [6.45, 7) is 0.861. The Morgan fingerprint density at radius 1 is 1.37 bits per heavy atom. The summed E-state index contributed by atoms with van der Waals surface area (Å²) in [5, 5.41) is 0.350. The first-order chi connectivity index (χ1) is 8.86. The molecule has 0 bridgehead atoms. The first-order valence-corrected chi connectivity index (χ1v) is 8.26. The van der Waals surface area contributed by atoms with Gasteiger partial charge in [0.1, 0.15) is 11.1 Å². The smallest absolute Gasteiger partial charge is 0.237 e. The van der Waals surface area contributed by atoms with Crippen molar-refractivity contribution >= 4 is 33.2 Å². The number of nitrogens with zero attached hydrogens (tertiary/aromatic N) is 3. The van der Waals surface area contributed by atoms with Crippen LogP contribution >= 0.6 is 23.2 Å². The van der Waals surface area contributed by atoms with Gasteiger partial charge in [-0.2, -0.15) is 4.98 Å². The number of hydrogen-bond acceptors (Lipinski definition) is 5. The molecule has 1 fully saturated rings. The molecule has 0 spiro atoms. The number of sulfonamides is 1. The minimum Gasteiger partial charge on any atom is -0.473 e. The number of halogens is 2. The predicted octanol–water partition coefficient (Wildman–Crippen LogP) is 1.59. The lowest BCUT2D eigenvalue weighted by Crippen LogP contribution is -2.41. The second-order valence-electron chi connectivity index (χ2n) is 4.27. The summed E-state index contributed by atoms with van der Waals surface area (Å²) < 4.78 is 29.8. The maximum atomic E-state index is 11.4. The lowest BCUT2D eigenvalue weighted by Gasteiger charge is -2.30. The fourth-order valence-electron chi connectivity index (χ4n) is 1.85. The van der Waals surface area contributed by atoms with Gasteiger partial charge in [-0.15, -0.1) is 0 Å². The molecule has 9 heteroatoms. The van der Waals surface area contributed by atoms with Crippen LogP contribution in [0.3, 0.4) is 0 Å². The van der Waals surface area contributed by atoms with Gasteiger partial charge < -0.3 is 4.74 Å². The molecule has 0 aromatic carbocycles. The topological polar surface area (TPSA) is 72.4 Å². The molecule has 1 aliphatic rings. The minimum absolute atomic E-state index is 0.0629. The Labute approximate surface area is 121 Å². The molecule has 0 aliphatic carbocycles. The molecular formula is C10H13Cl2N3O3S. The van der Waals surface area contributed by atoms with Gasteiger partial charge in [0.05, 0.1) is 12.5 Å². The van der Waals surface area contributed by atoms with Crippen LogP contribution in [0.1, 0.15) is 12.8 Å². The van der Waals surface area contributed by atoms with Gasteiger partial charge in [0.15, 0.2) is 0 Å². The van der Waals surface area contributed by atoms with Crippen molar-refractivity contribution in [1.29, 1.82) is 0 Å². The largest absolute Gasteiger partial charge is 0.473 e. The zero-order chi connectivity index (χ0) is 14.0. The lowest BCUT2D eigenvalue weighted by atomic mass is 10.1. The Hall–Kier alpha value is -0.630. The molecule has 106 valence electrons. The van der Waals surface area contributed by atoms with Crippen molar-refractivity contribution in [3.8, 4) is 5.88 Å². The molecule has 1 aromatic rings. The standard InChI is InChI=1S/C10H13Cl2N3O3S/c1-19(16,17)15-4-2-7(3-5-15)18-9-8(11)6-13-10(12)14-9/h6-7H,2-5H2,1H3. The Morgan fingerprint density at radius 3 is 2.58 bits per heavy atom. The summed E-state index contributed by atoms with van der Waals surface area (Å²) >= 11 is 11.6. The second-order valence-corrected chi connectivity index (χ2v) is 7.00. The first-order valence-electron chi connectivity index (χ1n) is 5.66. The van der Waals surface area contributed by atoms with Crippen molar-refractivity contribution in [3.63, 3.8) is 0 Å². The van der Waals surface area contributed by atoms with E-state index in [0.29, 0.717) is 25.9 Å². The number of ether oxygens (including phenoxy) is 1. The van der Waals surface area contributed by atoms with Gasteiger partial charge in [-0.25, -0.2) is 17.7 Å². The zero-order valence-electron chi connectivity index (χ0n) is 10.2. The van der Waals surface area contributed by atoms with Crippen LogP contribution in [0.4, 0.5) is 0 Å². The average molecular weight is 326 g/mol. The third-order valence-corrected chi connectivity index (χ3v) is 4.58. The van der Waals surface area contributed by atoms with E-state index in [0.717, 1.165) is 0 Å². The Balaban J connectivity index is 1.98. The SMILES string of the molecule is CS(=O)(=O)N1CCC(Oc2nc(Cl)ncc2Cl)CC1. The molecule has 1 aromatic heterocycles. The van der Waals surface area contributed by atoms with E-state index in [4.69, 9.17) is 27.9 Å². The highest BCUT2D eigenvalue weighted by Gasteiger charge is 2.26. The summed E-state index contributed by atoms with van der Waals surface area (Å²) in [6.07, 6.45) is 3.63. The molecule has 0 N–H and O–H groups in total. The molecule has 0 radical (unpaired) electrons. The van der Waals surface area contributed by atoms with E-state index in [1.807, 2.05) is 0 Å².